The third-order valence-corrected chi connectivity index (χ3v) is 1.24. The van der Waals surface area contributed by atoms with Crippen LogP contribution in [0.15, 0.2) is 30.3 Å². The van der Waals surface area contributed by atoms with Crippen LogP contribution in [0.25, 0.3) is 4.85 Å². The summed E-state index contributed by atoms with van der Waals surface area (Å²) in [5, 5.41) is 0. The number of hydrogen-bond acceptors (Lipinski definition) is 1. The van der Waals surface area contributed by atoms with Gasteiger partial charge >= 0.3 is 18.9 Å². The van der Waals surface area contributed by atoms with E-state index in [9.17, 15) is 4.79 Å². The first kappa shape index (κ1) is 10.8. The number of nitrogens with zero attached hydrogens (tertiary/aromatic N) is 1. The molecule has 0 heterocycles. The Morgan fingerprint density at radius 1 is 1.33 bits per heavy atom. The molecule has 2 nitrogen and oxygen atoms in total. The molecule has 1 rings (SSSR count). The minimum Gasteiger partial charge on any atom is -0.454 e. The Morgan fingerprint density at radius 2 is 1.92 bits per heavy atom. The predicted octanol–water partition coefficient (Wildman–Crippen LogP) is -1.05. The Hall–Kier alpha value is -1.15. The van der Waals surface area contributed by atoms with E-state index in [2.05, 4.69) is 4.85 Å². The minimum atomic E-state index is -0.236. The van der Waals surface area contributed by atoms with Crippen LogP contribution in [-0.4, -0.2) is 5.78 Å². The molecule has 0 aliphatic rings. The van der Waals surface area contributed by atoms with Crippen molar-refractivity contribution in [2.75, 3.05) is 0 Å². The zero-order chi connectivity index (χ0) is 8.10. The molecule has 0 saturated carbocycles. The van der Waals surface area contributed by atoms with Crippen molar-refractivity contribution in [3.63, 3.8) is 0 Å². The monoisotopic (exact) mass is 151 g/mol. The van der Waals surface area contributed by atoms with Gasteiger partial charge in [-0.25, -0.2) is 0 Å². The van der Waals surface area contributed by atoms with Gasteiger partial charge in [0.25, 0.3) is 0 Å². The number of benzene rings is 1. The summed E-state index contributed by atoms with van der Waals surface area (Å²) in [6, 6.07) is 8.73. The molecule has 0 fully saturated rings. The van der Waals surface area contributed by atoms with Crippen LogP contribution in [0, 0.1) is 13.1 Å². The average molecular weight is 151 g/mol. The first-order valence-corrected chi connectivity index (χ1v) is 3.14. The summed E-state index contributed by atoms with van der Waals surface area (Å²) in [5.41, 5.74) is 0.559. The van der Waals surface area contributed by atoms with E-state index in [0.29, 0.717) is 5.56 Å². The van der Waals surface area contributed by atoms with Gasteiger partial charge < -0.3 is 9.64 Å². The van der Waals surface area contributed by atoms with Crippen molar-refractivity contribution < 1.29 is 23.7 Å². The predicted molar refractivity (Wildman–Crippen MR) is 41.7 cm³/mol. The van der Waals surface area contributed by atoms with Gasteiger partial charge in [0.15, 0.2) is 0 Å². The molecule has 0 spiro atoms. The first-order valence-electron chi connectivity index (χ1n) is 3.14. The maximum absolute atomic E-state index is 11.0. The molecular formula is C9H6LiNO. The van der Waals surface area contributed by atoms with Crippen LogP contribution < -0.4 is 18.9 Å². The van der Waals surface area contributed by atoms with E-state index in [-0.39, 0.29) is 24.6 Å². The Balaban J connectivity index is 0.00000121. The average Bonchev–Trinajstić information content (AvgIpc) is 2.07. The van der Waals surface area contributed by atoms with E-state index in [1.807, 2.05) is 6.07 Å². The second-order valence-corrected chi connectivity index (χ2v) is 1.99. The summed E-state index contributed by atoms with van der Waals surface area (Å²) in [6.45, 7) is 7.41. The SMILES string of the molecule is [C-]#[N+][CH-]C(=O)c1ccccc1.[Li+]. The molecule has 3 heteroatoms. The molecule has 0 bridgehead atoms. The third-order valence-electron chi connectivity index (χ3n) is 1.24. The summed E-state index contributed by atoms with van der Waals surface area (Å²) in [4.78, 5) is 13.9. The normalized spacial score (nSPS) is 7.58. The molecule has 0 atom stereocenters. The van der Waals surface area contributed by atoms with Crippen LogP contribution in [-0.2, 0) is 0 Å². The molecule has 0 N–H and O–H groups in total. The quantitative estimate of drug-likeness (QED) is 0.300. The maximum Gasteiger partial charge on any atom is 1.00 e. The number of carbonyl (C=O) groups excluding carboxylic acids is 1. The molecule has 0 aliphatic carbocycles. The van der Waals surface area contributed by atoms with Gasteiger partial charge in [0.05, 0.1) is 0 Å². The standard InChI is InChI=1S/C9H6NO.Li/c1-10-7-9(11)8-5-3-2-4-6-8;/h2-7H;/q-1;+1. The van der Waals surface area contributed by atoms with Crippen LogP contribution in [0.2, 0.25) is 0 Å². The van der Waals surface area contributed by atoms with Gasteiger partial charge in [-0.2, -0.15) is 0 Å². The molecular weight excluding hydrogens is 145 g/mol. The molecule has 12 heavy (non-hydrogen) atoms. The van der Waals surface area contributed by atoms with Crippen LogP contribution in [0.4, 0.5) is 0 Å². The summed E-state index contributed by atoms with van der Waals surface area (Å²) >= 11 is 0. The maximum atomic E-state index is 11.0. The van der Waals surface area contributed by atoms with E-state index in [1.165, 1.54) is 0 Å². The summed E-state index contributed by atoms with van der Waals surface area (Å²) in [7, 11) is 0. The van der Waals surface area contributed by atoms with Gasteiger partial charge in [-0.3, -0.25) is 6.57 Å². The van der Waals surface area contributed by atoms with E-state index < -0.39 is 0 Å². The second kappa shape index (κ2) is 5.49. The van der Waals surface area contributed by atoms with E-state index in [1.54, 1.807) is 24.3 Å². The van der Waals surface area contributed by atoms with Crippen LogP contribution in [0.3, 0.4) is 0 Å². The van der Waals surface area contributed by atoms with Gasteiger partial charge in [0, 0.05) is 6.54 Å². The topological polar surface area (TPSA) is 21.4 Å². The Bertz CT molecular complexity index is 289. The van der Waals surface area contributed by atoms with Crippen LogP contribution in [0.5, 0.6) is 0 Å². The smallest absolute Gasteiger partial charge is 0.454 e. The fraction of sp³-hybridized carbons (Fsp3) is 0. The number of hydrogen-bond donors (Lipinski definition) is 0. The zero-order valence-electron chi connectivity index (χ0n) is 6.82. The van der Waals surface area contributed by atoms with Crippen molar-refractivity contribution in [2.45, 2.75) is 0 Å². The Morgan fingerprint density at radius 3 is 2.42 bits per heavy atom. The molecule has 54 valence electrons. The Kier molecular flexibility index (Phi) is 4.96. The fourth-order valence-electron chi connectivity index (χ4n) is 0.736. The van der Waals surface area contributed by atoms with Crippen LogP contribution >= 0.6 is 0 Å². The number of ketones is 1. The molecule has 0 radical (unpaired) electrons. The molecule has 1 aromatic carbocycles. The van der Waals surface area contributed by atoms with Gasteiger partial charge in [0.1, 0.15) is 5.78 Å². The van der Waals surface area contributed by atoms with Crippen molar-refractivity contribution in [3.8, 4) is 0 Å². The van der Waals surface area contributed by atoms with Gasteiger partial charge in [0.2, 0.25) is 0 Å². The first-order chi connectivity index (χ1) is 5.34. The van der Waals surface area contributed by atoms with Crippen molar-refractivity contribution in [1.29, 1.82) is 0 Å². The Labute approximate surface area is 83.6 Å². The van der Waals surface area contributed by atoms with E-state index in [0.717, 1.165) is 6.54 Å². The van der Waals surface area contributed by atoms with Crippen molar-refractivity contribution in [1.82, 2.24) is 0 Å². The largest absolute Gasteiger partial charge is 1.00 e. The van der Waals surface area contributed by atoms with Gasteiger partial charge in [-0.05, 0) is 5.56 Å². The number of rotatable bonds is 2. The molecule has 0 amide bonds. The fourth-order valence-corrected chi connectivity index (χ4v) is 0.736. The molecule has 0 saturated heterocycles. The molecule has 0 unspecified atom stereocenters. The summed E-state index contributed by atoms with van der Waals surface area (Å²) in [5.74, 6) is -0.236. The minimum absolute atomic E-state index is 0. The summed E-state index contributed by atoms with van der Waals surface area (Å²) < 4.78 is 0. The molecule has 1 aromatic rings. The van der Waals surface area contributed by atoms with Crippen LogP contribution in [0.1, 0.15) is 10.4 Å². The van der Waals surface area contributed by atoms with E-state index >= 15 is 0 Å². The zero-order valence-corrected chi connectivity index (χ0v) is 6.82. The number of carbonyl (C=O) groups is 1. The molecule has 0 aliphatic heterocycles. The molecule has 0 aromatic heterocycles. The number of Topliss-reactive ketones (excluding diaryl/α,β-unsaturated/α-hetero) is 1. The van der Waals surface area contributed by atoms with Gasteiger partial charge in [-0.1, -0.05) is 30.3 Å². The van der Waals surface area contributed by atoms with E-state index in [4.69, 9.17) is 6.57 Å². The van der Waals surface area contributed by atoms with Crippen molar-refractivity contribution >= 4 is 5.78 Å². The van der Waals surface area contributed by atoms with Gasteiger partial charge in [-0.15, -0.1) is 0 Å². The second-order valence-electron chi connectivity index (χ2n) is 1.99. The summed E-state index contributed by atoms with van der Waals surface area (Å²) in [6.07, 6.45) is 0. The van der Waals surface area contributed by atoms with Crippen molar-refractivity contribution in [2.24, 2.45) is 0 Å². The third kappa shape index (κ3) is 2.84. The van der Waals surface area contributed by atoms with Crippen molar-refractivity contribution in [3.05, 3.63) is 53.9 Å².